The van der Waals surface area contributed by atoms with Crippen LogP contribution < -0.4 is 5.32 Å². The number of fused-ring (bicyclic) bond motifs is 1. The van der Waals surface area contributed by atoms with Crippen LogP contribution in [0.5, 0.6) is 5.75 Å². The number of carboxylic acids is 1. The number of hydrogen-bond acceptors (Lipinski definition) is 3. The second kappa shape index (κ2) is 6.03. The Bertz CT molecular complexity index is 651. The van der Waals surface area contributed by atoms with Gasteiger partial charge in [0.15, 0.2) is 0 Å². The lowest BCUT2D eigenvalue weighted by Gasteiger charge is -2.23. The molecule has 0 unspecified atom stereocenters. The molecule has 0 radical (unpaired) electrons. The maximum Gasteiger partial charge on any atom is 0.317 e. The van der Waals surface area contributed by atoms with Crippen molar-refractivity contribution in [2.24, 2.45) is 11.3 Å². The Hall–Kier alpha value is -1.76. The van der Waals surface area contributed by atoms with Crippen LogP contribution in [0.25, 0.3) is 0 Å². The van der Waals surface area contributed by atoms with Crippen LogP contribution in [-0.4, -0.2) is 40.2 Å². The number of aliphatic carboxylic acids is 1. The molecule has 0 aromatic heterocycles. The molecule has 124 valence electrons. The van der Waals surface area contributed by atoms with E-state index in [0.29, 0.717) is 24.0 Å². The SMILES string of the molecule is O=C(NCc1ccc(O)c(Br)c1)N1C[C@@H]2CCC[C@@]2(C(=O)O)C1. The first-order valence-corrected chi connectivity index (χ1v) is 8.45. The van der Waals surface area contributed by atoms with Gasteiger partial charge < -0.3 is 20.4 Å². The minimum atomic E-state index is -0.780. The summed E-state index contributed by atoms with van der Waals surface area (Å²) >= 11 is 3.24. The first kappa shape index (κ1) is 16.1. The highest BCUT2D eigenvalue weighted by Crippen LogP contribution is 2.48. The van der Waals surface area contributed by atoms with Gasteiger partial charge in [-0.15, -0.1) is 0 Å². The number of hydrogen-bond donors (Lipinski definition) is 3. The van der Waals surface area contributed by atoms with Crippen molar-refractivity contribution < 1.29 is 19.8 Å². The van der Waals surface area contributed by atoms with Crippen LogP contribution in [0.3, 0.4) is 0 Å². The van der Waals surface area contributed by atoms with Crippen LogP contribution in [0, 0.1) is 11.3 Å². The predicted molar refractivity (Wildman–Crippen MR) is 87.0 cm³/mol. The third kappa shape index (κ3) is 2.89. The first-order valence-electron chi connectivity index (χ1n) is 7.66. The maximum absolute atomic E-state index is 12.3. The van der Waals surface area contributed by atoms with Gasteiger partial charge in [-0.05, 0) is 52.4 Å². The Balaban J connectivity index is 1.61. The molecule has 1 aliphatic carbocycles. The molecule has 1 aromatic carbocycles. The lowest BCUT2D eigenvalue weighted by molar-refractivity contribution is -0.149. The maximum atomic E-state index is 12.3. The van der Waals surface area contributed by atoms with Crippen molar-refractivity contribution in [1.29, 1.82) is 0 Å². The van der Waals surface area contributed by atoms with Gasteiger partial charge in [-0.1, -0.05) is 12.5 Å². The van der Waals surface area contributed by atoms with E-state index in [1.807, 2.05) is 0 Å². The average Bonchev–Trinajstić information content (AvgIpc) is 3.06. The van der Waals surface area contributed by atoms with Gasteiger partial charge in [0.25, 0.3) is 0 Å². The first-order chi connectivity index (χ1) is 10.9. The molecule has 0 bridgehead atoms. The second-order valence-corrected chi connectivity index (χ2v) is 7.23. The van der Waals surface area contributed by atoms with E-state index in [1.54, 1.807) is 23.1 Å². The summed E-state index contributed by atoms with van der Waals surface area (Å²) in [6, 6.07) is 4.81. The molecule has 2 aliphatic rings. The summed E-state index contributed by atoms with van der Waals surface area (Å²) in [4.78, 5) is 25.6. The summed E-state index contributed by atoms with van der Waals surface area (Å²) in [6.07, 6.45) is 2.45. The van der Waals surface area contributed by atoms with Gasteiger partial charge in [0.2, 0.25) is 0 Å². The number of carbonyl (C=O) groups is 2. The van der Waals surface area contributed by atoms with Crippen molar-refractivity contribution in [1.82, 2.24) is 10.2 Å². The zero-order valence-electron chi connectivity index (χ0n) is 12.6. The molecule has 2 atom stereocenters. The van der Waals surface area contributed by atoms with E-state index in [2.05, 4.69) is 21.2 Å². The number of benzene rings is 1. The van der Waals surface area contributed by atoms with E-state index in [0.717, 1.165) is 18.4 Å². The molecule has 3 rings (SSSR count). The lowest BCUT2D eigenvalue weighted by atomic mass is 9.81. The van der Waals surface area contributed by atoms with E-state index in [1.165, 1.54) is 0 Å². The summed E-state index contributed by atoms with van der Waals surface area (Å²) in [5.74, 6) is -0.567. The van der Waals surface area contributed by atoms with Crippen LogP contribution in [0.1, 0.15) is 24.8 Å². The van der Waals surface area contributed by atoms with Crippen LogP contribution in [0.2, 0.25) is 0 Å². The van der Waals surface area contributed by atoms with Crippen molar-refractivity contribution in [3.8, 4) is 5.75 Å². The number of likely N-dealkylation sites (tertiary alicyclic amines) is 1. The van der Waals surface area contributed by atoms with Crippen LogP contribution in [0.4, 0.5) is 4.79 Å². The van der Waals surface area contributed by atoms with Crippen LogP contribution >= 0.6 is 15.9 Å². The van der Waals surface area contributed by atoms with Crippen LogP contribution in [0.15, 0.2) is 22.7 Å². The van der Waals surface area contributed by atoms with E-state index in [4.69, 9.17) is 0 Å². The van der Waals surface area contributed by atoms with Gasteiger partial charge in [0.1, 0.15) is 5.75 Å². The molecule has 7 heteroatoms. The van der Waals surface area contributed by atoms with E-state index >= 15 is 0 Å². The minimum absolute atomic E-state index is 0.0635. The number of phenols is 1. The number of nitrogens with one attached hydrogen (secondary N) is 1. The largest absolute Gasteiger partial charge is 0.507 e. The molecular formula is C16H19BrN2O4. The van der Waals surface area contributed by atoms with Crippen molar-refractivity contribution in [3.63, 3.8) is 0 Å². The highest BCUT2D eigenvalue weighted by molar-refractivity contribution is 9.10. The Morgan fingerprint density at radius 2 is 2.22 bits per heavy atom. The Kier molecular flexibility index (Phi) is 4.23. The summed E-state index contributed by atoms with van der Waals surface area (Å²) < 4.78 is 0.574. The third-order valence-electron chi connectivity index (χ3n) is 5.04. The third-order valence-corrected chi connectivity index (χ3v) is 5.67. The van der Waals surface area contributed by atoms with Gasteiger partial charge in [0, 0.05) is 19.6 Å². The van der Waals surface area contributed by atoms with Crippen molar-refractivity contribution >= 4 is 27.9 Å². The number of aromatic hydroxyl groups is 1. The molecule has 6 nitrogen and oxygen atoms in total. The molecule has 3 N–H and O–H groups in total. The number of urea groups is 1. The Labute approximate surface area is 142 Å². The van der Waals surface area contributed by atoms with E-state index < -0.39 is 11.4 Å². The fraction of sp³-hybridized carbons (Fsp3) is 0.500. The fourth-order valence-electron chi connectivity index (χ4n) is 3.74. The number of amides is 2. The summed E-state index contributed by atoms with van der Waals surface area (Å²) in [5.41, 5.74) is 0.106. The Morgan fingerprint density at radius 1 is 1.43 bits per heavy atom. The van der Waals surface area contributed by atoms with Crippen LogP contribution in [-0.2, 0) is 11.3 Å². The highest BCUT2D eigenvalue weighted by Gasteiger charge is 2.55. The zero-order chi connectivity index (χ0) is 16.6. The monoisotopic (exact) mass is 382 g/mol. The highest BCUT2D eigenvalue weighted by atomic mass is 79.9. The lowest BCUT2D eigenvalue weighted by Crippen LogP contribution is -2.41. The second-order valence-electron chi connectivity index (χ2n) is 6.38. The molecular weight excluding hydrogens is 364 g/mol. The number of halogens is 1. The van der Waals surface area contributed by atoms with Gasteiger partial charge >= 0.3 is 12.0 Å². The summed E-state index contributed by atoms with van der Waals surface area (Å²) in [6.45, 7) is 1.13. The van der Waals surface area contributed by atoms with Crippen molar-refractivity contribution in [3.05, 3.63) is 28.2 Å². The molecule has 1 saturated carbocycles. The van der Waals surface area contributed by atoms with Crippen molar-refractivity contribution in [2.75, 3.05) is 13.1 Å². The molecule has 1 saturated heterocycles. The average molecular weight is 383 g/mol. The summed E-state index contributed by atoms with van der Waals surface area (Å²) in [7, 11) is 0. The number of nitrogens with zero attached hydrogens (tertiary/aromatic N) is 1. The molecule has 1 aliphatic heterocycles. The smallest absolute Gasteiger partial charge is 0.317 e. The zero-order valence-corrected chi connectivity index (χ0v) is 14.2. The number of rotatable bonds is 3. The molecule has 1 heterocycles. The number of phenolic OH excluding ortho intramolecular Hbond substituents is 1. The van der Waals surface area contributed by atoms with Gasteiger partial charge in [-0.3, -0.25) is 4.79 Å². The van der Waals surface area contributed by atoms with E-state index in [9.17, 15) is 19.8 Å². The number of carbonyl (C=O) groups excluding carboxylic acids is 1. The predicted octanol–water partition coefficient (Wildman–Crippen LogP) is 2.55. The van der Waals surface area contributed by atoms with E-state index in [-0.39, 0.29) is 24.2 Å². The standard InChI is InChI=1S/C16H19BrN2O4/c17-12-6-10(3-4-13(12)20)7-18-15(23)19-8-11-2-1-5-16(11,9-19)14(21)22/h3-4,6,11,20H,1-2,5,7-9H2,(H,18,23)(H,21,22)/t11-,16+/m0/s1. The topological polar surface area (TPSA) is 89.9 Å². The Morgan fingerprint density at radius 3 is 2.87 bits per heavy atom. The molecule has 2 fully saturated rings. The number of carboxylic acid groups (broad SMARTS) is 1. The normalized spacial score (nSPS) is 26.1. The molecule has 1 aromatic rings. The molecule has 0 spiro atoms. The summed E-state index contributed by atoms with van der Waals surface area (Å²) in [5, 5.41) is 21.8. The van der Waals surface area contributed by atoms with Crippen molar-refractivity contribution in [2.45, 2.75) is 25.8 Å². The minimum Gasteiger partial charge on any atom is -0.507 e. The molecule has 23 heavy (non-hydrogen) atoms. The quantitative estimate of drug-likeness (QED) is 0.749. The van der Waals surface area contributed by atoms with Gasteiger partial charge in [-0.2, -0.15) is 0 Å². The van der Waals surface area contributed by atoms with Gasteiger partial charge in [-0.25, -0.2) is 4.79 Å². The van der Waals surface area contributed by atoms with Gasteiger partial charge in [0.05, 0.1) is 9.89 Å². The fourth-order valence-corrected chi connectivity index (χ4v) is 4.17. The molecule has 2 amide bonds.